The Bertz CT molecular complexity index is 800. The van der Waals surface area contributed by atoms with Gasteiger partial charge in [-0.1, -0.05) is 29.8 Å². The lowest BCUT2D eigenvalue weighted by Crippen LogP contribution is -2.45. The van der Waals surface area contributed by atoms with Gasteiger partial charge in [0, 0.05) is 44.3 Å². The minimum Gasteiger partial charge on any atom is -0.371 e. The normalized spacial score (nSPS) is 20.8. The zero-order valence-corrected chi connectivity index (χ0v) is 18.1. The molecule has 2 aliphatic rings. The quantitative estimate of drug-likeness (QED) is 0.796. The number of carbonyl (C=O) groups is 1. The van der Waals surface area contributed by atoms with Crippen molar-refractivity contribution in [1.82, 2.24) is 15.2 Å². The first-order chi connectivity index (χ1) is 14.7. The van der Waals surface area contributed by atoms with E-state index in [4.69, 9.17) is 0 Å². The second-order valence-corrected chi connectivity index (χ2v) is 8.94. The molecule has 1 N–H and O–H groups in total. The predicted molar refractivity (Wildman–Crippen MR) is 121 cm³/mol. The fourth-order valence-electron chi connectivity index (χ4n) is 4.67. The number of amides is 1. The van der Waals surface area contributed by atoms with Crippen LogP contribution in [0.5, 0.6) is 0 Å². The van der Waals surface area contributed by atoms with Gasteiger partial charge in [-0.2, -0.15) is 0 Å². The molecule has 2 aliphatic heterocycles. The number of anilines is 1. The largest absolute Gasteiger partial charge is 0.371 e. The SMILES string of the molecule is Cc1ccc(CN2CCC(CNC(=O)C3CCCN(c4ccncc4)C3)CC2)cc1. The van der Waals surface area contributed by atoms with Gasteiger partial charge in [0.05, 0.1) is 5.92 Å². The van der Waals surface area contributed by atoms with E-state index in [1.165, 1.54) is 29.7 Å². The van der Waals surface area contributed by atoms with E-state index in [1.807, 2.05) is 24.5 Å². The van der Waals surface area contributed by atoms with Gasteiger partial charge in [0.15, 0.2) is 0 Å². The summed E-state index contributed by atoms with van der Waals surface area (Å²) in [5.74, 6) is 0.924. The molecule has 30 heavy (non-hydrogen) atoms. The summed E-state index contributed by atoms with van der Waals surface area (Å²) >= 11 is 0. The smallest absolute Gasteiger partial charge is 0.224 e. The monoisotopic (exact) mass is 406 g/mol. The fourth-order valence-corrected chi connectivity index (χ4v) is 4.67. The number of hydrogen-bond acceptors (Lipinski definition) is 4. The number of hydrogen-bond donors (Lipinski definition) is 1. The first-order valence-electron chi connectivity index (χ1n) is 11.4. The highest BCUT2D eigenvalue weighted by Gasteiger charge is 2.27. The van der Waals surface area contributed by atoms with Gasteiger partial charge in [-0.25, -0.2) is 0 Å². The van der Waals surface area contributed by atoms with E-state index in [9.17, 15) is 4.79 Å². The van der Waals surface area contributed by atoms with E-state index in [1.54, 1.807) is 0 Å². The van der Waals surface area contributed by atoms with Gasteiger partial charge in [-0.15, -0.1) is 0 Å². The summed E-state index contributed by atoms with van der Waals surface area (Å²) in [5, 5.41) is 3.27. The van der Waals surface area contributed by atoms with Crippen LogP contribution in [0.4, 0.5) is 5.69 Å². The molecular formula is C25H34N4O. The van der Waals surface area contributed by atoms with E-state index in [2.05, 4.69) is 51.3 Å². The maximum Gasteiger partial charge on any atom is 0.224 e. The summed E-state index contributed by atoms with van der Waals surface area (Å²) in [4.78, 5) is 21.7. The molecule has 2 aromatic rings. The number of piperidine rings is 2. The Morgan fingerprint density at radius 2 is 1.77 bits per heavy atom. The van der Waals surface area contributed by atoms with Gasteiger partial charge in [0.2, 0.25) is 5.91 Å². The third-order valence-corrected chi connectivity index (χ3v) is 6.62. The van der Waals surface area contributed by atoms with E-state index in [0.29, 0.717) is 5.92 Å². The number of likely N-dealkylation sites (tertiary alicyclic amines) is 1. The van der Waals surface area contributed by atoms with Gasteiger partial charge < -0.3 is 10.2 Å². The van der Waals surface area contributed by atoms with Crippen LogP contribution in [0.3, 0.4) is 0 Å². The third-order valence-electron chi connectivity index (χ3n) is 6.62. The third kappa shape index (κ3) is 5.60. The molecule has 5 nitrogen and oxygen atoms in total. The summed E-state index contributed by atoms with van der Waals surface area (Å²) in [6, 6.07) is 12.9. The molecule has 2 saturated heterocycles. The van der Waals surface area contributed by atoms with Gasteiger partial charge in [-0.05, 0) is 69.3 Å². The lowest BCUT2D eigenvalue weighted by atomic mass is 9.94. The van der Waals surface area contributed by atoms with Crippen molar-refractivity contribution in [3.63, 3.8) is 0 Å². The molecule has 0 radical (unpaired) electrons. The van der Waals surface area contributed by atoms with Gasteiger partial charge in [0.1, 0.15) is 0 Å². The van der Waals surface area contributed by atoms with E-state index >= 15 is 0 Å². The summed E-state index contributed by atoms with van der Waals surface area (Å²) in [5.41, 5.74) is 3.88. The Morgan fingerprint density at radius 3 is 2.50 bits per heavy atom. The number of rotatable bonds is 6. The Balaban J connectivity index is 1.19. The predicted octanol–water partition coefficient (Wildman–Crippen LogP) is 3.63. The van der Waals surface area contributed by atoms with E-state index in [0.717, 1.165) is 52.1 Å². The first-order valence-corrected chi connectivity index (χ1v) is 11.4. The molecule has 160 valence electrons. The average Bonchev–Trinajstić information content (AvgIpc) is 2.80. The number of nitrogens with one attached hydrogen (secondary N) is 1. The zero-order valence-electron chi connectivity index (χ0n) is 18.1. The Morgan fingerprint density at radius 1 is 1.03 bits per heavy atom. The number of pyridine rings is 1. The molecule has 0 bridgehead atoms. The minimum absolute atomic E-state index is 0.0912. The Kier molecular flexibility index (Phi) is 7.00. The molecule has 0 aliphatic carbocycles. The van der Waals surface area contributed by atoms with Gasteiger partial charge >= 0.3 is 0 Å². The second kappa shape index (κ2) is 10.1. The summed E-state index contributed by atoms with van der Waals surface area (Å²) in [6.07, 6.45) is 8.04. The molecule has 1 aromatic carbocycles. The number of nitrogens with zero attached hydrogens (tertiary/aromatic N) is 3. The van der Waals surface area contributed by atoms with Crippen LogP contribution in [0, 0.1) is 18.8 Å². The fraction of sp³-hybridized carbons (Fsp3) is 0.520. The van der Waals surface area contributed by atoms with Crippen molar-refractivity contribution in [1.29, 1.82) is 0 Å². The van der Waals surface area contributed by atoms with Crippen molar-refractivity contribution < 1.29 is 4.79 Å². The summed E-state index contributed by atoms with van der Waals surface area (Å²) in [7, 11) is 0. The molecule has 2 fully saturated rings. The van der Waals surface area contributed by atoms with Crippen molar-refractivity contribution >= 4 is 11.6 Å². The lowest BCUT2D eigenvalue weighted by molar-refractivity contribution is -0.125. The highest BCUT2D eigenvalue weighted by molar-refractivity contribution is 5.79. The zero-order chi connectivity index (χ0) is 20.8. The first kappa shape index (κ1) is 20.9. The molecule has 1 amide bonds. The van der Waals surface area contributed by atoms with E-state index < -0.39 is 0 Å². The average molecular weight is 407 g/mol. The highest BCUT2D eigenvalue weighted by atomic mass is 16.1. The number of aryl methyl sites for hydroxylation is 1. The summed E-state index contributed by atoms with van der Waals surface area (Å²) in [6.45, 7) is 8.06. The molecule has 1 unspecified atom stereocenters. The van der Waals surface area contributed by atoms with E-state index in [-0.39, 0.29) is 11.8 Å². The van der Waals surface area contributed by atoms with Crippen molar-refractivity contribution in [2.45, 2.75) is 39.2 Å². The molecule has 0 saturated carbocycles. The van der Waals surface area contributed by atoms with Crippen LogP contribution >= 0.6 is 0 Å². The van der Waals surface area contributed by atoms with Crippen LogP contribution in [0.1, 0.15) is 36.8 Å². The van der Waals surface area contributed by atoms with Crippen LogP contribution in [0.25, 0.3) is 0 Å². The van der Waals surface area contributed by atoms with Crippen molar-refractivity contribution in [2.24, 2.45) is 11.8 Å². The van der Waals surface area contributed by atoms with Gasteiger partial charge in [0.25, 0.3) is 0 Å². The van der Waals surface area contributed by atoms with Crippen LogP contribution < -0.4 is 10.2 Å². The molecule has 3 heterocycles. The van der Waals surface area contributed by atoms with Gasteiger partial charge in [-0.3, -0.25) is 14.7 Å². The topological polar surface area (TPSA) is 48.5 Å². The molecule has 1 atom stereocenters. The number of benzene rings is 1. The molecule has 5 heteroatoms. The Labute approximate surface area is 180 Å². The number of aromatic nitrogens is 1. The second-order valence-electron chi connectivity index (χ2n) is 8.94. The lowest BCUT2D eigenvalue weighted by Gasteiger charge is -2.35. The van der Waals surface area contributed by atoms with Crippen LogP contribution in [0.15, 0.2) is 48.8 Å². The Hall–Kier alpha value is -2.40. The maximum atomic E-state index is 12.8. The van der Waals surface area contributed by atoms with Crippen LogP contribution in [0.2, 0.25) is 0 Å². The van der Waals surface area contributed by atoms with Crippen LogP contribution in [-0.2, 0) is 11.3 Å². The van der Waals surface area contributed by atoms with Crippen LogP contribution in [-0.4, -0.2) is 48.5 Å². The summed E-state index contributed by atoms with van der Waals surface area (Å²) < 4.78 is 0. The minimum atomic E-state index is 0.0912. The maximum absolute atomic E-state index is 12.8. The van der Waals surface area contributed by atoms with Crippen molar-refractivity contribution in [2.75, 3.05) is 37.6 Å². The molecule has 1 aromatic heterocycles. The molecular weight excluding hydrogens is 372 g/mol. The molecule has 4 rings (SSSR count). The highest BCUT2D eigenvalue weighted by Crippen LogP contribution is 2.23. The number of carbonyl (C=O) groups excluding carboxylic acids is 1. The standard InChI is InChI=1S/C25H34N4O/c1-20-4-6-22(7-5-20)18-28-15-10-21(11-16-28)17-27-25(30)23-3-2-14-29(19-23)24-8-12-26-13-9-24/h4-9,12-13,21,23H,2-3,10-11,14-19H2,1H3,(H,27,30). The molecule has 0 spiro atoms. The van der Waals surface area contributed by atoms with Crippen molar-refractivity contribution in [3.8, 4) is 0 Å². The van der Waals surface area contributed by atoms with Crippen molar-refractivity contribution in [3.05, 3.63) is 59.9 Å².